The molecular formula is C23H14N2O. The van der Waals surface area contributed by atoms with Gasteiger partial charge in [-0.2, -0.15) is 5.26 Å². The number of benzene rings is 3. The van der Waals surface area contributed by atoms with E-state index in [2.05, 4.69) is 18.2 Å². The molecule has 3 heteroatoms. The zero-order valence-corrected chi connectivity index (χ0v) is 13.9. The molecule has 0 bridgehead atoms. The van der Waals surface area contributed by atoms with Crippen LogP contribution >= 0.6 is 0 Å². The fourth-order valence-corrected chi connectivity index (χ4v) is 3.65. The number of nitrogens with zero attached hydrogens (tertiary/aromatic N) is 2. The highest BCUT2D eigenvalue weighted by Gasteiger charge is 2.24. The molecule has 0 amide bonds. The molecular weight excluding hydrogens is 320 g/mol. The average Bonchev–Trinajstić information content (AvgIpc) is 2.72. The fraction of sp³-hybridized carbons (Fsp3) is 0.0435. The number of pyridine rings is 1. The lowest BCUT2D eigenvalue weighted by Crippen LogP contribution is -2.10. The van der Waals surface area contributed by atoms with Crippen LogP contribution in [-0.4, -0.2) is 4.98 Å². The first-order valence-corrected chi connectivity index (χ1v) is 8.50. The molecule has 0 fully saturated rings. The number of ether oxygens (including phenoxy) is 1. The van der Waals surface area contributed by atoms with Gasteiger partial charge in [-0.05, 0) is 29.3 Å². The number of nitriles is 1. The largest absolute Gasteiger partial charge is 0.488 e. The van der Waals surface area contributed by atoms with Crippen molar-refractivity contribution in [3.63, 3.8) is 0 Å². The number of hydrogen-bond acceptors (Lipinski definition) is 3. The van der Waals surface area contributed by atoms with Gasteiger partial charge in [0.2, 0.25) is 0 Å². The summed E-state index contributed by atoms with van der Waals surface area (Å²) in [5.74, 6) is 0.834. The van der Waals surface area contributed by atoms with Crippen molar-refractivity contribution in [2.75, 3.05) is 0 Å². The Balaban J connectivity index is 1.96. The number of rotatable bonds is 1. The highest BCUT2D eigenvalue weighted by atomic mass is 16.5. The van der Waals surface area contributed by atoms with Crippen molar-refractivity contribution in [2.24, 2.45) is 0 Å². The lowest BCUT2D eigenvalue weighted by atomic mass is 9.90. The van der Waals surface area contributed by atoms with Gasteiger partial charge < -0.3 is 4.74 Å². The number of hydrogen-bond donors (Lipinski definition) is 0. The molecule has 0 saturated carbocycles. The Morgan fingerprint density at radius 1 is 0.885 bits per heavy atom. The van der Waals surface area contributed by atoms with E-state index in [9.17, 15) is 5.26 Å². The van der Waals surface area contributed by atoms with E-state index in [1.54, 1.807) is 0 Å². The van der Waals surface area contributed by atoms with Crippen LogP contribution in [0.25, 0.3) is 33.3 Å². The van der Waals surface area contributed by atoms with E-state index in [1.807, 2.05) is 60.7 Å². The summed E-state index contributed by atoms with van der Waals surface area (Å²) in [6.45, 7) is 0.469. The van der Waals surface area contributed by atoms with Gasteiger partial charge in [-0.3, -0.25) is 0 Å². The molecule has 0 aliphatic carbocycles. The predicted octanol–water partition coefficient (Wildman–Crippen LogP) is 5.33. The molecule has 5 rings (SSSR count). The van der Waals surface area contributed by atoms with Crippen molar-refractivity contribution in [3.05, 3.63) is 83.9 Å². The van der Waals surface area contributed by atoms with Crippen LogP contribution in [0.3, 0.4) is 0 Å². The summed E-state index contributed by atoms with van der Waals surface area (Å²) in [5.41, 5.74) is 6.47. The SMILES string of the molecule is N#Cc1cccc2c(-c3ccccc3)c3c(nc12)-c1ccccc1OC3. The maximum absolute atomic E-state index is 9.58. The Bertz CT molecular complexity index is 1190. The van der Waals surface area contributed by atoms with Crippen molar-refractivity contribution < 1.29 is 4.74 Å². The van der Waals surface area contributed by atoms with Gasteiger partial charge >= 0.3 is 0 Å². The Kier molecular flexibility index (Phi) is 3.23. The number of aromatic nitrogens is 1. The van der Waals surface area contributed by atoms with Crippen LogP contribution in [0.15, 0.2) is 72.8 Å². The molecule has 26 heavy (non-hydrogen) atoms. The quantitative estimate of drug-likeness (QED) is 0.472. The van der Waals surface area contributed by atoms with Crippen molar-refractivity contribution >= 4 is 10.9 Å². The topological polar surface area (TPSA) is 45.9 Å². The van der Waals surface area contributed by atoms with Crippen molar-refractivity contribution in [3.8, 4) is 34.2 Å². The van der Waals surface area contributed by atoms with Crippen LogP contribution in [-0.2, 0) is 6.61 Å². The minimum Gasteiger partial charge on any atom is -0.488 e. The lowest BCUT2D eigenvalue weighted by molar-refractivity contribution is 0.302. The molecule has 1 aromatic heterocycles. The second-order valence-corrected chi connectivity index (χ2v) is 6.28. The van der Waals surface area contributed by atoms with Crippen LogP contribution < -0.4 is 4.74 Å². The summed E-state index contributed by atoms with van der Waals surface area (Å²) >= 11 is 0. The Morgan fingerprint density at radius 2 is 1.69 bits per heavy atom. The van der Waals surface area contributed by atoms with E-state index >= 15 is 0 Å². The van der Waals surface area contributed by atoms with Gasteiger partial charge in [0.05, 0.1) is 16.8 Å². The third kappa shape index (κ3) is 2.09. The number of para-hydroxylation sites is 2. The molecule has 0 N–H and O–H groups in total. The fourth-order valence-electron chi connectivity index (χ4n) is 3.65. The first-order valence-electron chi connectivity index (χ1n) is 8.50. The van der Waals surface area contributed by atoms with E-state index in [-0.39, 0.29) is 0 Å². The molecule has 3 aromatic carbocycles. The third-order valence-corrected chi connectivity index (χ3v) is 4.81. The van der Waals surface area contributed by atoms with E-state index in [0.29, 0.717) is 12.2 Å². The smallest absolute Gasteiger partial charge is 0.129 e. The molecule has 0 atom stereocenters. The monoisotopic (exact) mass is 334 g/mol. The van der Waals surface area contributed by atoms with E-state index in [1.165, 1.54) is 0 Å². The van der Waals surface area contributed by atoms with Crippen molar-refractivity contribution in [1.82, 2.24) is 4.98 Å². The molecule has 1 aliphatic heterocycles. The van der Waals surface area contributed by atoms with Crippen LogP contribution in [0, 0.1) is 11.3 Å². The predicted molar refractivity (Wildman–Crippen MR) is 102 cm³/mol. The summed E-state index contributed by atoms with van der Waals surface area (Å²) in [6.07, 6.45) is 0. The van der Waals surface area contributed by atoms with E-state index in [0.717, 1.165) is 44.6 Å². The van der Waals surface area contributed by atoms with Gasteiger partial charge in [-0.15, -0.1) is 0 Å². The minimum absolute atomic E-state index is 0.469. The minimum atomic E-state index is 0.469. The molecule has 0 saturated heterocycles. The van der Waals surface area contributed by atoms with Gasteiger partial charge in [0.1, 0.15) is 18.4 Å². The van der Waals surface area contributed by atoms with Gasteiger partial charge in [-0.1, -0.05) is 54.6 Å². The molecule has 122 valence electrons. The molecule has 2 heterocycles. The summed E-state index contributed by atoms with van der Waals surface area (Å²) in [6, 6.07) is 26.2. The molecule has 0 radical (unpaired) electrons. The number of fused-ring (bicyclic) bond motifs is 4. The summed E-state index contributed by atoms with van der Waals surface area (Å²) in [7, 11) is 0. The highest BCUT2D eigenvalue weighted by Crippen LogP contribution is 2.43. The summed E-state index contributed by atoms with van der Waals surface area (Å²) < 4.78 is 6.01. The molecule has 3 nitrogen and oxygen atoms in total. The lowest BCUT2D eigenvalue weighted by Gasteiger charge is -2.24. The first kappa shape index (κ1) is 14.7. The summed E-state index contributed by atoms with van der Waals surface area (Å²) in [5, 5.41) is 10.6. The Hall–Kier alpha value is -3.64. The Labute approximate surface area is 151 Å². The highest BCUT2D eigenvalue weighted by molar-refractivity contribution is 6.01. The molecule has 4 aromatic rings. The second kappa shape index (κ2) is 5.72. The van der Waals surface area contributed by atoms with Gasteiger partial charge in [0, 0.05) is 16.5 Å². The van der Waals surface area contributed by atoms with E-state index in [4.69, 9.17) is 9.72 Å². The van der Waals surface area contributed by atoms with Crippen LogP contribution in [0.5, 0.6) is 5.75 Å². The van der Waals surface area contributed by atoms with Crippen LogP contribution in [0.1, 0.15) is 11.1 Å². The second-order valence-electron chi connectivity index (χ2n) is 6.28. The van der Waals surface area contributed by atoms with Gasteiger partial charge in [-0.25, -0.2) is 4.98 Å². The maximum atomic E-state index is 9.58. The zero-order chi connectivity index (χ0) is 17.5. The molecule has 0 unspecified atom stereocenters. The third-order valence-electron chi connectivity index (χ3n) is 4.81. The van der Waals surface area contributed by atoms with Crippen molar-refractivity contribution in [2.45, 2.75) is 6.61 Å². The van der Waals surface area contributed by atoms with Crippen LogP contribution in [0.4, 0.5) is 0 Å². The maximum Gasteiger partial charge on any atom is 0.129 e. The van der Waals surface area contributed by atoms with Crippen molar-refractivity contribution in [1.29, 1.82) is 5.26 Å². The van der Waals surface area contributed by atoms with Gasteiger partial charge in [0.15, 0.2) is 0 Å². The van der Waals surface area contributed by atoms with Gasteiger partial charge in [0.25, 0.3) is 0 Å². The standard InChI is InChI=1S/C23H14N2O/c24-13-16-9-6-11-18-21(15-7-2-1-3-8-15)19-14-26-20-12-5-4-10-17(20)23(19)25-22(16)18/h1-12H,14H2. The average molecular weight is 334 g/mol. The summed E-state index contributed by atoms with van der Waals surface area (Å²) in [4.78, 5) is 4.91. The molecule has 1 aliphatic rings. The van der Waals surface area contributed by atoms with Crippen LogP contribution in [0.2, 0.25) is 0 Å². The van der Waals surface area contributed by atoms with E-state index < -0.39 is 0 Å². The Morgan fingerprint density at radius 3 is 2.54 bits per heavy atom. The first-order chi connectivity index (χ1) is 12.9. The normalized spacial score (nSPS) is 12.0. The zero-order valence-electron chi connectivity index (χ0n) is 13.9. The molecule has 0 spiro atoms.